The van der Waals surface area contributed by atoms with Crippen molar-refractivity contribution in [2.45, 2.75) is 63.2 Å². The van der Waals surface area contributed by atoms with E-state index < -0.39 is 19.9 Å². The molecule has 9 nitrogen and oxygen atoms in total. The fourth-order valence-electron chi connectivity index (χ4n) is 4.40. The van der Waals surface area contributed by atoms with Gasteiger partial charge in [-0.05, 0) is 68.4 Å². The van der Waals surface area contributed by atoms with Gasteiger partial charge >= 0.3 is 0 Å². The molecule has 0 unspecified atom stereocenters. The Morgan fingerprint density at radius 3 is 1.93 bits per heavy atom. The van der Waals surface area contributed by atoms with Crippen LogP contribution < -0.4 is 4.90 Å². The van der Waals surface area contributed by atoms with Gasteiger partial charge in [0, 0.05) is 38.0 Å². The first-order valence-corrected chi connectivity index (χ1v) is 18.4. The van der Waals surface area contributed by atoms with Crippen LogP contribution in [0.25, 0.3) is 10.2 Å². The maximum absolute atomic E-state index is 13.8. The van der Waals surface area contributed by atoms with Crippen LogP contribution in [-0.2, 0) is 19.9 Å². The van der Waals surface area contributed by atoms with Gasteiger partial charge in [0.1, 0.15) is 0 Å². The Balaban J connectivity index is 1.95. The molecule has 1 amide bonds. The summed E-state index contributed by atoms with van der Waals surface area (Å²) in [6, 6.07) is 10.9. The predicted molar refractivity (Wildman–Crippen MR) is 167 cm³/mol. The third-order valence-electron chi connectivity index (χ3n) is 7.05. The zero-order valence-corrected chi connectivity index (χ0v) is 27.1. The highest BCUT2D eigenvalue weighted by molar-refractivity contribution is 7.90. The van der Waals surface area contributed by atoms with E-state index >= 15 is 0 Å². The number of carbonyl (C=O) groups excluding carboxylic acids is 1. The number of benzene rings is 2. The molecule has 226 valence electrons. The van der Waals surface area contributed by atoms with Crippen molar-refractivity contribution in [3.8, 4) is 0 Å². The smallest absolute Gasteiger partial charge is 0.260 e. The molecule has 0 aliphatic rings. The lowest BCUT2D eigenvalue weighted by molar-refractivity contribution is 0.0983. The quantitative estimate of drug-likeness (QED) is 0.214. The van der Waals surface area contributed by atoms with Crippen LogP contribution in [0.1, 0.15) is 63.7 Å². The van der Waals surface area contributed by atoms with Gasteiger partial charge in [-0.1, -0.05) is 51.9 Å². The topological polar surface area (TPSA) is 108 Å². The number of rotatable bonds is 16. The Kier molecular flexibility index (Phi) is 11.9. The fraction of sp³-hybridized carbons (Fsp3) is 0.517. The Bertz CT molecular complexity index is 1510. The van der Waals surface area contributed by atoms with E-state index in [-0.39, 0.29) is 15.7 Å². The number of hydrogen-bond acceptors (Lipinski definition) is 8. The van der Waals surface area contributed by atoms with E-state index in [0.29, 0.717) is 47.1 Å². The minimum absolute atomic E-state index is 0.171. The number of carbonyl (C=O) groups is 1. The summed E-state index contributed by atoms with van der Waals surface area (Å²) in [5, 5.41) is 0.463. The van der Waals surface area contributed by atoms with E-state index in [1.165, 1.54) is 29.5 Å². The number of hydrogen-bond donors (Lipinski definition) is 0. The molecular weight excluding hydrogens is 581 g/mol. The van der Waals surface area contributed by atoms with Crippen molar-refractivity contribution in [1.29, 1.82) is 0 Å². The van der Waals surface area contributed by atoms with E-state index in [2.05, 4.69) is 23.7 Å². The summed E-state index contributed by atoms with van der Waals surface area (Å²) in [6.45, 7) is 11.8. The lowest BCUT2D eigenvalue weighted by atomic mass is 10.2. The van der Waals surface area contributed by atoms with Crippen molar-refractivity contribution in [3.05, 3.63) is 48.0 Å². The van der Waals surface area contributed by atoms with Crippen LogP contribution >= 0.6 is 11.3 Å². The number of anilines is 1. The van der Waals surface area contributed by atoms with Crippen LogP contribution in [0.3, 0.4) is 0 Å². The number of amides is 1. The van der Waals surface area contributed by atoms with Gasteiger partial charge in [-0.25, -0.2) is 21.8 Å². The molecule has 41 heavy (non-hydrogen) atoms. The van der Waals surface area contributed by atoms with Crippen LogP contribution in [0.2, 0.25) is 0 Å². The van der Waals surface area contributed by atoms with Gasteiger partial charge in [0.2, 0.25) is 10.0 Å². The van der Waals surface area contributed by atoms with Crippen molar-refractivity contribution in [2.75, 3.05) is 50.4 Å². The van der Waals surface area contributed by atoms with E-state index in [1.807, 2.05) is 13.8 Å². The summed E-state index contributed by atoms with van der Waals surface area (Å²) in [4.78, 5) is 22.7. The molecule has 0 saturated carbocycles. The van der Waals surface area contributed by atoms with Gasteiger partial charge in [0.25, 0.3) is 5.91 Å². The number of fused-ring (bicyclic) bond motifs is 1. The number of sulfonamides is 1. The van der Waals surface area contributed by atoms with Gasteiger partial charge in [0.05, 0.1) is 20.0 Å². The van der Waals surface area contributed by atoms with Crippen molar-refractivity contribution in [1.82, 2.24) is 14.2 Å². The highest BCUT2D eigenvalue weighted by Crippen LogP contribution is 2.32. The Morgan fingerprint density at radius 2 is 1.39 bits per heavy atom. The number of aromatic nitrogens is 1. The second-order valence-electron chi connectivity index (χ2n) is 10.0. The van der Waals surface area contributed by atoms with Crippen LogP contribution in [0.5, 0.6) is 0 Å². The molecule has 0 aliphatic carbocycles. The van der Waals surface area contributed by atoms with Crippen molar-refractivity contribution in [2.24, 2.45) is 0 Å². The maximum atomic E-state index is 13.8. The lowest BCUT2D eigenvalue weighted by Crippen LogP contribution is -2.39. The van der Waals surface area contributed by atoms with Crippen LogP contribution in [-0.4, -0.2) is 82.5 Å². The van der Waals surface area contributed by atoms with Gasteiger partial charge in [-0.3, -0.25) is 9.69 Å². The van der Waals surface area contributed by atoms with Gasteiger partial charge in [0.15, 0.2) is 15.0 Å². The van der Waals surface area contributed by atoms with Gasteiger partial charge in [-0.2, -0.15) is 4.31 Å². The third-order valence-corrected chi connectivity index (χ3v) is 11.1. The highest BCUT2D eigenvalue weighted by Gasteiger charge is 2.26. The minimum atomic E-state index is -3.68. The van der Waals surface area contributed by atoms with Gasteiger partial charge in [-0.15, -0.1) is 0 Å². The number of likely N-dealkylation sites (N-methyl/N-ethyl adjacent to an activating group) is 1. The summed E-state index contributed by atoms with van der Waals surface area (Å²) in [7, 11) is -7.07. The fourth-order valence-corrected chi connectivity index (χ4v) is 7.67. The zero-order valence-electron chi connectivity index (χ0n) is 24.7. The molecule has 1 aromatic heterocycles. The SMILES string of the molecule is CCCCN(CCCC)S(=O)(=O)c1ccc(C(=O)N(CCN(CC)CC)c2nc3ccc(S(C)(=O)=O)cc3s2)cc1. The summed E-state index contributed by atoms with van der Waals surface area (Å²) in [5.41, 5.74) is 0.965. The Hall–Kier alpha value is -2.38. The van der Waals surface area contributed by atoms with E-state index in [1.54, 1.807) is 33.5 Å². The summed E-state index contributed by atoms with van der Waals surface area (Å²) < 4.78 is 53.1. The number of sulfone groups is 1. The molecule has 3 aromatic rings. The van der Waals surface area contributed by atoms with E-state index in [9.17, 15) is 21.6 Å². The first kappa shape index (κ1) is 33.1. The molecule has 0 atom stereocenters. The van der Waals surface area contributed by atoms with Crippen LogP contribution in [0.4, 0.5) is 5.13 Å². The lowest BCUT2D eigenvalue weighted by Gasteiger charge is -2.25. The largest absolute Gasteiger partial charge is 0.302 e. The van der Waals surface area contributed by atoms with Crippen molar-refractivity contribution in [3.63, 3.8) is 0 Å². The molecule has 12 heteroatoms. The molecule has 0 N–H and O–H groups in total. The van der Waals surface area contributed by atoms with Crippen LogP contribution in [0.15, 0.2) is 52.3 Å². The third kappa shape index (κ3) is 8.35. The molecule has 0 spiro atoms. The summed E-state index contributed by atoms with van der Waals surface area (Å²) >= 11 is 1.26. The van der Waals surface area contributed by atoms with Crippen LogP contribution in [0, 0.1) is 0 Å². The minimum Gasteiger partial charge on any atom is -0.302 e. The monoisotopic (exact) mass is 622 g/mol. The second-order valence-corrected chi connectivity index (χ2v) is 15.0. The molecule has 0 bridgehead atoms. The molecule has 2 aromatic carbocycles. The number of nitrogens with zero attached hydrogens (tertiary/aromatic N) is 4. The molecule has 0 aliphatic heterocycles. The van der Waals surface area contributed by atoms with Gasteiger partial charge < -0.3 is 4.90 Å². The van der Waals surface area contributed by atoms with E-state index in [0.717, 1.165) is 45.0 Å². The first-order chi connectivity index (χ1) is 19.5. The Morgan fingerprint density at radius 1 is 0.805 bits per heavy atom. The average molecular weight is 623 g/mol. The molecule has 1 heterocycles. The predicted octanol–water partition coefficient (Wildman–Crippen LogP) is 5.28. The summed E-state index contributed by atoms with van der Waals surface area (Å²) in [6.07, 6.45) is 4.53. The molecule has 0 saturated heterocycles. The molecule has 0 fully saturated rings. The summed E-state index contributed by atoms with van der Waals surface area (Å²) in [5.74, 6) is -0.294. The number of thiazole rings is 1. The number of unbranched alkanes of at least 4 members (excludes halogenated alkanes) is 2. The molecule has 3 rings (SSSR count). The second kappa shape index (κ2) is 14.7. The zero-order chi connectivity index (χ0) is 30.2. The first-order valence-electron chi connectivity index (χ1n) is 14.2. The normalized spacial score (nSPS) is 12.5. The average Bonchev–Trinajstić information content (AvgIpc) is 3.38. The Labute approximate surface area is 249 Å². The molecular formula is C29H42N4O5S3. The van der Waals surface area contributed by atoms with Crippen molar-refractivity contribution < 1.29 is 21.6 Å². The standard InChI is InChI=1S/C29H42N4O5S3/c1-6-10-18-32(19-11-7-2)41(37,38)24-14-12-23(13-15-24)28(34)33(21-20-31(8-3)9-4)29-30-26-17-16-25(40(5,35)36)22-27(26)39-29/h12-17,22H,6-11,18-21H2,1-5H3. The highest BCUT2D eigenvalue weighted by atomic mass is 32.2. The maximum Gasteiger partial charge on any atom is 0.260 e. The van der Waals surface area contributed by atoms with Crippen molar-refractivity contribution >= 4 is 52.5 Å². The van der Waals surface area contributed by atoms with E-state index in [4.69, 9.17) is 0 Å². The molecule has 0 radical (unpaired) electrons.